The van der Waals surface area contributed by atoms with Crippen LogP contribution in [0.2, 0.25) is 0 Å². The molecule has 1 heterocycles. The zero-order chi connectivity index (χ0) is 9.30. The second-order valence-electron chi connectivity index (χ2n) is 2.78. The van der Waals surface area contributed by atoms with Crippen LogP contribution < -0.4 is 5.73 Å². The smallest absolute Gasteiger partial charge is 0.173 e. The summed E-state index contributed by atoms with van der Waals surface area (Å²) in [7, 11) is 0. The summed E-state index contributed by atoms with van der Waals surface area (Å²) in [5.74, 6) is 0. The van der Waals surface area contributed by atoms with Crippen molar-refractivity contribution in [3.05, 3.63) is 0 Å². The van der Waals surface area contributed by atoms with Gasteiger partial charge in [-0.25, -0.2) is 5.11 Å². The summed E-state index contributed by atoms with van der Waals surface area (Å²) in [5.41, 5.74) is 5.22. The minimum atomic E-state index is -1.51. The maximum absolute atomic E-state index is 11.1. The number of hydrogen-bond acceptors (Lipinski definition) is 5. The largest absolute Gasteiger partial charge is 0.394 e. The van der Waals surface area contributed by atoms with Crippen molar-refractivity contribution in [3.8, 4) is 0 Å². The first-order chi connectivity index (χ1) is 5.57. The topological polar surface area (TPSA) is 116 Å². The number of ether oxygens (including phenoxy) is 1. The van der Waals surface area contributed by atoms with Gasteiger partial charge in [-0.1, -0.05) is 0 Å². The molecule has 6 heteroatoms. The maximum atomic E-state index is 11.1. The van der Waals surface area contributed by atoms with Gasteiger partial charge in [-0.2, -0.15) is 0 Å². The third-order valence-electron chi connectivity index (χ3n) is 1.92. The Morgan fingerprint density at radius 3 is 2.50 bits per heavy atom. The molecule has 1 aliphatic heterocycles. The van der Waals surface area contributed by atoms with E-state index in [-0.39, 0.29) is 0 Å². The quantitative estimate of drug-likeness (QED) is 0.345. The Labute approximate surface area is 69.2 Å². The molecule has 71 valence electrons. The molecule has 1 saturated heterocycles. The van der Waals surface area contributed by atoms with Crippen LogP contribution in [0.1, 0.15) is 0 Å². The molecule has 0 aliphatic carbocycles. The predicted octanol–water partition coefficient (Wildman–Crippen LogP) is -2.82. The van der Waals surface area contributed by atoms with Crippen LogP contribution in [-0.4, -0.2) is 52.6 Å². The van der Waals surface area contributed by atoms with Crippen molar-refractivity contribution >= 4 is 0 Å². The SMILES string of the molecule is NC1C(O)OC(CO)C([O])C1O. The van der Waals surface area contributed by atoms with Crippen LogP contribution in [-0.2, 0) is 9.84 Å². The van der Waals surface area contributed by atoms with Gasteiger partial charge < -0.3 is 25.8 Å². The third kappa shape index (κ3) is 1.58. The molecule has 0 amide bonds. The van der Waals surface area contributed by atoms with Crippen molar-refractivity contribution in [2.45, 2.75) is 30.6 Å². The van der Waals surface area contributed by atoms with Crippen LogP contribution in [0.15, 0.2) is 0 Å². The second-order valence-corrected chi connectivity index (χ2v) is 2.78. The molecule has 0 spiro atoms. The zero-order valence-electron chi connectivity index (χ0n) is 6.33. The van der Waals surface area contributed by atoms with E-state index in [1.165, 1.54) is 0 Å². The highest BCUT2D eigenvalue weighted by atomic mass is 16.6. The number of aliphatic hydroxyl groups is 3. The van der Waals surface area contributed by atoms with Crippen LogP contribution in [0.3, 0.4) is 0 Å². The normalized spacial score (nSPS) is 49.2. The van der Waals surface area contributed by atoms with E-state index in [0.29, 0.717) is 0 Å². The Morgan fingerprint density at radius 1 is 1.42 bits per heavy atom. The van der Waals surface area contributed by atoms with Gasteiger partial charge in [-0.15, -0.1) is 0 Å². The van der Waals surface area contributed by atoms with Crippen LogP contribution in [0.5, 0.6) is 0 Å². The minimum absolute atomic E-state index is 0.533. The lowest BCUT2D eigenvalue weighted by Gasteiger charge is -2.36. The van der Waals surface area contributed by atoms with Gasteiger partial charge in [-0.3, -0.25) is 0 Å². The summed E-state index contributed by atoms with van der Waals surface area (Å²) < 4.78 is 4.64. The summed E-state index contributed by atoms with van der Waals surface area (Å²) in [5, 5.41) is 37.8. The number of hydrogen-bond donors (Lipinski definition) is 4. The van der Waals surface area contributed by atoms with Gasteiger partial charge in [0.05, 0.1) is 12.6 Å². The van der Waals surface area contributed by atoms with Crippen molar-refractivity contribution in [1.82, 2.24) is 0 Å². The highest BCUT2D eigenvalue weighted by Crippen LogP contribution is 2.18. The molecule has 6 nitrogen and oxygen atoms in total. The van der Waals surface area contributed by atoms with Crippen molar-refractivity contribution in [1.29, 1.82) is 0 Å². The minimum Gasteiger partial charge on any atom is -0.394 e. The van der Waals surface area contributed by atoms with Crippen LogP contribution in [0.4, 0.5) is 0 Å². The second kappa shape index (κ2) is 3.65. The summed E-state index contributed by atoms with van der Waals surface area (Å²) in [6.45, 7) is -0.533. The van der Waals surface area contributed by atoms with E-state index in [0.717, 1.165) is 0 Å². The van der Waals surface area contributed by atoms with Gasteiger partial charge in [0.15, 0.2) is 6.29 Å². The summed E-state index contributed by atoms with van der Waals surface area (Å²) in [6.07, 6.45) is -5.36. The van der Waals surface area contributed by atoms with Crippen LogP contribution in [0.25, 0.3) is 0 Å². The lowest BCUT2D eigenvalue weighted by atomic mass is 9.98. The predicted molar refractivity (Wildman–Crippen MR) is 36.4 cm³/mol. The average Bonchev–Trinajstić information content (AvgIpc) is 2.08. The fraction of sp³-hybridized carbons (Fsp3) is 1.00. The molecule has 0 saturated carbocycles. The monoisotopic (exact) mass is 178 g/mol. The standard InChI is InChI=1S/C6H12NO5/c7-3-5(10)4(9)2(1-8)12-6(3)11/h2-6,8,10-11H,1,7H2. The maximum Gasteiger partial charge on any atom is 0.173 e. The number of rotatable bonds is 1. The van der Waals surface area contributed by atoms with E-state index in [9.17, 15) is 5.11 Å². The molecular formula is C6H12NO5. The summed E-state index contributed by atoms with van der Waals surface area (Å²) >= 11 is 0. The Hall–Kier alpha value is -0.240. The van der Waals surface area contributed by atoms with Crippen molar-refractivity contribution in [2.75, 3.05) is 6.61 Å². The van der Waals surface area contributed by atoms with E-state index in [2.05, 4.69) is 4.74 Å². The van der Waals surface area contributed by atoms with Gasteiger partial charge in [0.2, 0.25) is 0 Å². The molecule has 1 rings (SSSR count). The van der Waals surface area contributed by atoms with E-state index in [1.54, 1.807) is 0 Å². The molecule has 0 aromatic rings. The molecule has 0 aromatic carbocycles. The first-order valence-corrected chi connectivity index (χ1v) is 3.61. The molecule has 5 N–H and O–H groups in total. The van der Waals surface area contributed by atoms with E-state index in [1.807, 2.05) is 0 Å². The molecule has 5 atom stereocenters. The highest BCUT2D eigenvalue weighted by Gasteiger charge is 2.42. The van der Waals surface area contributed by atoms with E-state index in [4.69, 9.17) is 21.1 Å². The van der Waals surface area contributed by atoms with Crippen molar-refractivity contribution in [2.24, 2.45) is 5.73 Å². The van der Waals surface area contributed by atoms with Gasteiger partial charge >= 0.3 is 0 Å². The molecule has 1 aliphatic rings. The van der Waals surface area contributed by atoms with Crippen molar-refractivity contribution in [3.63, 3.8) is 0 Å². The van der Waals surface area contributed by atoms with Gasteiger partial charge in [0, 0.05) is 0 Å². The summed E-state index contributed by atoms with van der Waals surface area (Å²) in [4.78, 5) is 0. The Kier molecular flexibility index (Phi) is 2.99. The molecule has 0 bridgehead atoms. The fourth-order valence-corrected chi connectivity index (χ4v) is 1.10. The lowest BCUT2D eigenvalue weighted by molar-refractivity contribution is -0.260. The molecule has 12 heavy (non-hydrogen) atoms. The van der Waals surface area contributed by atoms with Crippen molar-refractivity contribution < 1.29 is 25.2 Å². The van der Waals surface area contributed by atoms with Gasteiger partial charge in [0.25, 0.3) is 0 Å². The summed E-state index contributed by atoms with van der Waals surface area (Å²) in [6, 6.07) is -1.10. The Balaban J connectivity index is 2.63. The molecule has 5 unspecified atom stereocenters. The van der Waals surface area contributed by atoms with Gasteiger partial charge in [-0.05, 0) is 0 Å². The lowest BCUT2D eigenvalue weighted by Crippen LogP contribution is -2.61. The van der Waals surface area contributed by atoms with Crippen LogP contribution >= 0.6 is 0 Å². The van der Waals surface area contributed by atoms with E-state index < -0.39 is 37.3 Å². The molecule has 0 aromatic heterocycles. The molecule has 1 fully saturated rings. The first-order valence-electron chi connectivity index (χ1n) is 3.61. The first kappa shape index (κ1) is 9.85. The zero-order valence-corrected chi connectivity index (χ0v) is 6.33. The Morgan fingerprint density at radius 2 is 2.00 bits per heavy atom. The van der Waals surface area contributed by atoms with E-state index >= 15 is 0 Å². The highest BCUT2D eigenvalue weighted by molar-refractivity contribution is 4.90. The Bertz CT molecular complexity index is 150. The third-order valence-corrected chi connectivity index (χ3v) is 1.92. The molecular weight excluding hydrogens is 166 g/mol. The number of nitrogens with two attached hydrogens (primary N) is 1. The fourth-order valence-electron chi connectivity index (χ4n) is 1.10. The van der Waals surface area contributed by atoms with Gasteiger partial charge in [0.1, 0.15) is 18.3 Å². The molecule has 1 radical (unpaired) electrons. The van der Waals surface area contributed by atoms with Crippen LogP contribution in [0, 0.1) is 0 Å². The average molecular weight is 178 g/mol. The number of aliphatic hydroxyl groups excluding tert-OH is 3.